The first kappa shape index (κ1) is 24.0. The second kappa shape index (κ2) is 8.87. The molecule has 0 radical (unpaired) electrons. The fourth-order valence-corrected chi connectivity index (χ4v) is 4.32. The molecular formula is C27H35N5O2. The van der Waals surface area contributed by atoms with Gasteiger partial charge in [0.25, 0.3) is 5.56 Å². The van der Waals surface area contributed by atoms with Crippen LogP contribution in [0.15, 0.2) is 47.3 Å². The van der Waals surface area contributed by atoms with Gasteiger partial charge in [0.05, 0.1) is 22.5 Å². The molecule has 7 nitrogen and oxygen atoms in total. The third-order valence-corrected chi connectivity index (χ3v) is 6.46. The molecule has 1 saturated heterocycles. The van der Waals surface area contributed by atoms with Crippen molar-refractivity contribution in [1.29, 1.82) is 0 Å². The zero-order chi connectivity index (χ0) is 24.7. The smallest absolute Gasteiger partial charge is 0.272 e. The number of hydrogen-bond acceptors (Lipinski definition) is 5. The van der Waals surface area contributed by atoms with Gasteiger partial charge in [0, 0.05) is 48.1 Å². The van der Waals surface area contributed by atoms with E-state index in [-0.39, 0.29) is 17.0 Å². The third kappa shape index (κ3) is 4.85. The van der Waals surface area contributed by atoms with Crippen molar-refractivity contribution in [1.82, 2.24) is 15.1 Å². The first-order chi connectivity index (χ1) is 15.9. The molecule has 0 aliphatic carbocycles. The molecule has 0 bridgehead atoms. The van der Waals surface area contributed by atoms with Crippen LogP contribution in [0, 0.1) is 5.41 Å². The number of aromatic nitrogens is 2. The van der Waals surface area contributed by atoms with Crippen molar-refractivity contribution < 1.29 is 4.79 Å². The van der Waals surface area contributed by atoms with Crippen LogP contribution in [0.5, 0.6) is 0 Å². The molecule has 7 heteroatoms. The van der Waals surface area contributed by atoms with Crippen molar-refractivity contribution in [2.75, 3.05) is 36.4 Å². The van der Waals surface area contributed by atoms with Crippen LogP contribution in [-0.4, -0.2) is 52.7 Å². The predicted octanol–water partition coefficient (Wildman–Crippen LogP) is 4.50. The Hall–Kier alpha value is -3.19. The Bertz CT molecular complexity index is 1260. The minimum Gasteiger partial charge on any atom is -0.367 e. The van der Waals surface area contributed by atoms with E-state index in [0.29, 0.717) is 11.1 Å². The van der Waals surface area contributed by atoms with E-state index in [1.54, 1.807) is 6.07 Å². The highest BCUT2D eigenvalue weighted by molar-refractivity contribution is 6.00. The molecule has 4 rings (SSSR count). The monoisotopic (exact) mass is 461 g/mol. The van der Waals surface area contributed by atoms with Crippen LogP contribution in [0.2, 0.25) is 0 Å². The zero-order valence-corrected chi connectivity index (χ0v) is 21.0. The van der Waals surface area contributed by atoms with Gasteiger partial charge in [-0.05, 0) is 39.0 Å². The molecule has 180 valence electrons. The number of aromatic amines is 1. The van der Waals surface area contributed by atoms with Gasteiger partial charge in [0.2, 0.25) is 5.91 Å². The molecule has 0 saturated carbocycles. The minimum absolute atomic E-state index is 0.0430. The van der Waals surface area contributed by atoms with Gasteiger partial charge in [-0.3, -0.25) is 14.5 Å². The van der Waals surface area contributed by atoms with Crippen LogP contribution in [0.3, 0.4) is 0 Å². The Labute approximate surface area is 201 Å². The van der Waals surface area contributed by atoms with Crippen LogP contribution in [-0.2, 0) is 4.79 Å². The molecule has 1 amide bonds. The first-order valence-corrected chi connectivity index (χ1v) is 11.9. The number of fused-ring (bicyclic) bond motifs is 1. The molecule has 2 aromatic carbocycles. The van der Waals surface area contributed by atoms with Crippen LogP contribution in [0.25, 0.3) is 22.0 Å². The normalized spacial score (nSPS) is 15.5. The van der Waals surface area contributed by atoms with E-state index in [9.17, 15) is 9.59 Å². The van der Waals surface area contributed by atoms with Gasteiger partial charge >= 0.3 is 0 Å². The summed E-state index contributed by atoms with van der Waals surface area (Å²) in [5.74, 6) is -0.0430. The summed E-state index contributed by atoms with van der Waals surface area (Å²) in [5.41, 5.74) is 2.69. The second-order valence-electron chi connectivity index (χ2n) is 11.0. The standard InChI is InChI=1S/C27H35N5O2/c1-26(2,3)25(34)28-21-17-18(23-19-9-7-8-10-20(19)24(33)30-29-23)11-12-22(21)31-13-15-32(16-14-31)27(4,5)6/h7-12,17H,13-16H2,1-6H3,(H,28,34)(H,30,33). The maximum atomic E-state index is 13.0. The molecule has 3 aromatic rings. The largest absolute Gasteiger partial charge is 0.367 e. The molecule has 34 heavy (non-hydrogen) atoms. The summed E-state index contributed by atoms with van der Waals surface area (Å²) >= 11 is 0. The number of piperazine rings is 1. The van der Waals surface area contributed by atoms with E-state index >= 15 is 0 Å². The molecule has 1 fully saturated rings. The minimum atomic E-state index is -0.527. The van der Waals surface area contributed by atoms with Gasteiger partial charge in [0.1, 0.15) is 0 Å². The van der Waals surface area contributed by atoms with Gasteiger partial charge < -0.3 is 10.2 Å². The summed E-state index contributed by atoms with van der Waals surface area (Å²) in [6.45, 7) is 16.1. The highest BCUT2D eigenvalue weighted by atomic mass is 16.2. The Morgan fingerprint density at radius 2 is 1.59 bits per heavy atom. The summed E-state index contributed by atoms with van der Waals surface area (Å²) in [6, 6.07) is 13.5. The van der Waals surface area contributed by atoms with Gasteiger partial charge in [-0.1, -0.05) is 45.0 Å². The Morgan fingerprint density at radius 3 is 2.21 bits per heavy atom. The third-order valence-electron chi connectivity index (χ3n) is 6.46. The molecule has 0 spiro atoms. The van der Waals surface area contributed by atoms with Crippen molar-refractivity contribution in [3.63, 3.8) is 0 Å². The summed E-state index contributed by atoms with van der Waals surface area (Å²) in [7, 11) is 0. The highest BCUT2D eigenvalue weighted by Crippen LogP contribution is 2.35. The lowest BCUT2D eigenvalue weighted by Gasteiger charge is -2.43. The van der Waals surface area contributed by atoms with Crippen molar-refractivity contribution >= 4 is 28.1 Å². The molecule has 0 atom stereocenters. The number of amides is 1. The number of hydrogen-bond donors (Lipinski definition) is 2. The quantitative estimate of drug-likeness (QED) is 0.600. The number of carbonyl (C=O) groups excluding carboxylic acids is 1. The second-order valence-corrected chi connectivity index (χ2v) is 11.0. The number of carbonyl (C=O) groups is 1. The SMILES string of the molecule is CC(C)(C)C(=O)Nc1cc(-c2n[nH]c(=O)c3ccccc23)ccc1N1CCN(C(C)(C)C)CC1. The van der Waals surface area contributed by atoms with Gasteiger partial charge in [0.15, 0.2) is 0 Å². The first-order valence-electron chi connectivity index (χ1n) is 11.9. The molecule has 1 aliphatic heterocycles. The number of anilines is 2. The summed E-state index contributed by atoms with van der Waals surface area (Å²) in [4.78, 5) is 30.0. The van der Waals surface area contributed by atoms with Crippen LogP contribution in [0.1, 0.15) is 41.5 Å². The van der Waals surface area contributed by atoms with Crippen molar-refractivity contribution in [2.45, 2.75) is 47.1 Å². The zero-order valence-electron chi connectivity index (χ0n) is 21.0. The Balaban J connectivity index is 1.75. The number of nitrogens with zero attached hydrogens (tertiary/aromatic N) is 3. The maximum Gasteiger partial charge on any atom is 0.272 e. The summed E-state index contributed by atoms with van der Waals surface area (Å²) < 4.78 is 0. The number of benzene rings is 2. The molecule has 1 aromatic heterocycles. The lowest BCUT2D eigenvalue weighted by molar-refractivity contribution is -0.123. The maximum absolute atomic E-state index is 13.0. The predicted molar refractivity (Wildman–Crippen MR) is 139 cm³/mol. The topological polar surface area (TPSA) is 81.3 Å². The van der Waals surface area contributed by atoms with Gasteiger partial charge in [-0.25, -0.2) is 5.10 Å². The molecule has 1 aliphatic rings. The van der Waals surface area contributed by atoms with E-state index in [1.807, 2.05) is 51.1 Å². The molecule has 2 N–H and O–H groups in total. The molecule has 2 heterocycles. The lowest BCUT2D eigenvalue weighted by atomic mass is 9.95. The van der Waals surface area contributed by atoms with Crippen molar-refractivity contribution in [2.24, 2.45) is 5.41 Å². The van der Waals surface area contributed by atoms with Crippen molar-refractivity contribution in [3.05, 3.63) is 52.8 Å². The van der Waals surface area contributed by atoms with E-state index in [0.717, 1.165) is 48.5 Å². The number of nitrogens with one attached hydrogen (secondary N) is 2. The Morgan fingerprint density at radius 1 is 0.941 bits per heavy atom. The number of H-pyrrole nitrogens is 1. The Kier molecular flexibility index (Phi) is 6.25. The van der Waals surface area contributed by atoms with Crippen LogP contribution >= 0.6 is 0 Å². The average molecular weight is 462 g/mol. The van der Waals surface area contributed by atoms with E-state index in [2.05, 4.69) is 52.2 Å². The number of rotatable bonds is 3. The van der Waals surface area contributed by atoms with E-state index in [4.69, 9.17) is 0 Å². The van der Waals surface area contributed by atoms with E-state index in [1.165, 1.54) is 0 Å². The molecule has 0 unspecified atom stereocenters. The highest BCUT2D eigenvalue weighted by Gasteiger charge is 2.28. The fourth-order valence-electron chi connectivity index (χ4n) is 4.32. The van der Waals surface area contributed by atoms with Crippen LogP contribution in [0.4, 0.5) is 11.4 Å². The summed E-state index contributed by atoms with van der Waals surface area (Å²) in [5, 5.41) is 11.5. The van der Waals surface area contributed by atoms with Crippen LogP contribution < -0.4 is 15.8 Å². The average Bonchev–Trinajstić information content (AvgIpc) is 2.78. The van der Waals surface area contributed by atoms with Gasteiger partial charge in [-0.2, -0.15) is 5.10 Å². The molecular weight excluding hydrogens is 426 g/mol. The van der Waals surface area contributed by atoms with Gasteiger partial charge in [-0.15, -0.1) is 0 Å². The fraction of sp³-hybridized carbons (Fsp3) is 0.444. The van der Waals surface area contributed by atoms with Crippen molar-refractivity contribution in [3.8, 4) is 11.3 Å². The summed E-state index contributed by atoms with van der Waals surface area (Å²) in [6.07, 6.45) is 0. The lowest BCUT2D eigenvalue weighted by Crippen LogP contribution is -2.53. The van der Waals surface area contributed by atoms with E-state index < -0.39 is 5.41 Å².